The van der Waals surface area contributed by atoms with Gasteiger partial charge in [-0.25, -0.2) is 5.48 Å². The van der Waals surface area contributed by atoms with Crippen molar-refractivity contribution in [2.75, 3.05) is 0 Å². The summed E-state index contributed by atoms with van der Waals surface area (Å²) in [6.07, 6.45) is -1.09. The predicted octanol–water partition coefficient (Wildman–Crippen LogP) is 0.660. The van der Waals surface area contributed by atoms with Gasteiger partial charge in [0, 0.05) is 16.6 Å². The molecule has 0 aromatic heterocycles. The van der Waals surface area contributed by atoms with Crippen molar-refractivity contribution in [2.24, 2.45) is 0 Å². The van der Waals surface area contributed by atoms with Crippen LogP contribution in [0.1, 0.15) is 22.8 Å². The van der Waals surface area contributed by atoms with E-state index in [2.05, 4.69) is 15.9 Å². The lowest BCUT2D eigenvalue weighted by molar-refractivity contribution is -0.137. The standard InChI is InChI=1S/C12H13BrN2O4/c1-6(16)10(11(17)14-19)15-5-7-4-8(13)2-3-9(7)12(15)18/h2-4,6,10,16,19H,5H2,1H3,(H,14,17)/t6-,10+/m1/s1. The lowest BCUT2D eigenvalue weighted by Crippen LogP contribution is -2.52. The monoisotopic (exact) mass is 328 g/mol. The van der Waals surface area contributed by atoms with E-state index >= 15 is 0 Å². The molecule has 0 radical (unpaired) electrons. The molecule has 0 unspecified atom stereocenters. The maximum Gasteiger partial charge on any atom is 0.268 e. The van der Waals surface area contributed by atoms with Crippen molar-refractivity contribution in [3.05, 3.63) is 33.8 Å². The summed E-state index contributed by atoms with van der Waals surface area (Å²) in [6.45, 7) is 1.61. The third-order valence-corrected chi connectivity index (χ3v) is 3.56. The zero-order valence-corrected chi connectivity index (χ0v) is 11.7. The molecule has 0 saturated heterocycles. The normalized spacial score (nSPS) is 17.1. The van der Waals surface area contributed by atoms with E-state index in [0.29, 0.717) is 5.56 Å². The lowest BCUT2D eigenvalue weighted by atomic mass is 10.1. The van der Waals surface area contributed by atoms with Crippen molar-refractivity contribution in [1.29, 1.82) is 0 Å². The number of halogens is 1. The Labute approximate surface area is 118 Å². The maximum atomic E-state index is 12.2. The van der Waals surface area contributed by atoms with E-state index < -0.39 is 18.1 Å². The number of hydrogen-bond acceptors (Lipinski definition) is 4. The van der Waals surface area contributed by atoms with Gasteiger partial charge in [-0.1, -0.05) is 15.9 Å². The van der Waals surface area contributed by atoms with Crippen LogP contribution in [-0.2, 0) is 11.3 Å². The molecule has 0 spiro atoms. The van der Waals surface area contributed by atoms with Crippen molar-refractivity contribution >= 4 is 27.7 Å². The number of nitrogens with one attached hydrogen (secondary N) is 1. The average molecular weight is 329 g/mol. The van der Waals surface area contributed by atoms with Crippen LogP contribution in [0.15, 0.2) is 22.7 Å². The third kappa shape index (κ3) is 2.49. The molecular formula is C12H13BrN2O4. The highest BCUT2D eigenvalue weighted by molar-refractivity contribution is 9.10. The van der Waals surface area contributed by atoms with Gasteiger partial charge in [0.2, 0.25) is 0 Å². The molecule has 1 aromatic carbocycles. The van der Waals surface area contributed by atoms with Crippen LogP contribution < -0.4 is 5.48 Å². The summed E-state index contributed by atoms with van der Waals surface area (Å²) in [4.78, 5) is 25.0. The fraction of sp³-hybridized carbons (Fsp3) is 0.333. The molecule has 1 aliphatic rings. The number of fused-ring (bicyclic) bond motifs is 1. The van der Waals surface area contributed by atoms with Gasteiger partial charge in [0.25, 0.3) is 11.8 Å². The summed E-state index contributed by atoms with van der Waals surface area (Å²) in [5.74, 6) is -1.15. The molecule has 2 rings (SSSR count). The second-order valence-electron chi connectivity index (χ2n) is 4.40. The number of aliphatic hydroxyl groups excluding tert-OH is 1. The number of rotatable bonds is 3. The van der Waals surface area contributed by atoms with Crippen molar-refractivity contribution < 1.29 is 19.9 Å². The van der Waals surface area contributed by atoms with Gasteiger partial charge in [-0.05, 0) is 30.7 Å². The van der Waals surface area contributed by atoms with Crippen LogP contribution in [-0.4, -0.2) is 39.2 Å². The topological polar surface area (TPSA) is 89.9 Å². The number of carbonyl (C=O) groups is 2. The minimum atomic E-state index is -1.12. The average Bonchev–Trinajstić information content (AvgIpc) is 2.66. The zero-order valence-electron chi connectivity index (χ0n) is 10.1. The molecule has 6 nitrogen and oxygen atoms in total. The van der Waals surface area contributed by atoms with Gasteiger partial charge in [-0.3, -0.25) is 14.8 Å². The Morgan fingerprint density at radius 1 is 1.53 bits per heavy atom. The number of amides is 2. The first-order chi connectivity index (χ1) is 8.95. The molecule has 0 aliphatic carbocycles. The summed E-state index contributed by atoms with van der Waals surface area (Å²) in [5, 5.41) is 18.4. The van der Waals surface area contributed by atoms with Crippen LogP contribution >= 0.6 is 15.9 Å². The summed E-state index contributed by atoms with van der Waals surface area (Å²) in [7, 11) is 0. The van der Waals surface area contributed by atoms with Gasteiger partial charge in [-0.15, -0.1) is 0 Å². The lowest BCUT2D eigenvalue weighted by Gasteiger charge is -2.27. The van der Waals surface area contributed by atoms with Crippen LogP contribution in [0.3, 0.4) is 0 Å². The predicted molar refractivity (Wildman–Crippen MR) is 69.4 cm³/mol. The van der Waals surface area contributed by atoms with Crippen LogP contribution in [0.2, 0.25) is 0 Å². The van der Waals surface area contributed by atoms with Crippen LogP contribution in [0, 0.1) is 0 Å². The largest absolute Gasteiger partial charge is 0.391 e. The molecule has 0 fully saturated rings. The molecule has 0 saturated carbocycles. The van der Waals surface area contributed by atoms with E-state index in [1.165, 1.54) is 17.3 Å². The fourth-order valence-electron chi connectivity index (χ4n) is 2.22. The van der Waals surface area contributed by atoms with E-state index in [0.717, 1.165) is 10.0 Å². The Balaban J connectivity index is 2.34. The molecule has 2 atom stereocenters. The summed E-state index contributed by atoms with van der Waals surface area (Å²) >= 11 is 3.31. The molecule has 3 N–H and O–H groups in total. The van der Waals surface area contributed by atoms with Gasteiger partial charge in [0.15, 0.2) is 0 Å². The van der Waals surface area contributed by atoms with E-state index in [9.17, 15) is 14.7 Å². The molecule has 0 bridgehead atoms. The molecule has 1 heterocycles. The van der Waals surface area contributed by atoms with Gasteiger partial charge in [-0.2, -0.15) is 0 Å². The van der Waals surface area contributed by atoms with Crippen molar-refractivity contribution in [3.63, 3.8) is 0 Å². The highest BCUT2D eigenvalue weighted by Gasteiger charge is 2.38. The second-order valence-corrected chi connectivity index (χ2v) is 5.31. The first kappa shape index (κ1) is 14.0. The van der Waals surface area contributed by atoms with Crippen LogP contribution in [0.25, 0.3) is 0 Å². The minimum absolute atomic E-state index is 0.219. The highest BCUT2D eigenvalue weighted by atomic mass is 79.9. The van der Waals surface area contributed by atoms with Crippen LogP contribution in [0.5, 0.6) is 0 Å². The van der Waals surface area contributed by atoms with E-state index in [4.69, 9.17) is 5.21 Å². The Morgan fingerprint density at radius 2 is 2.21 bits per heavy atom. The van der Waals surface area contributed by atoms with E-state index in [1.807, 2.05) is 0 Å². The number of aliphatic hydroxyl groups is 1. The molecule has 1 aromatic rings. The Morgan fingerprint density at radius 3 is 2.79 bits per heavy atom. The summed E-state index contributed by atoms with van der Waals surface area (Å²) < 4.78 is 0.834. The van der Waals surface area contributed by atoms with Gasteiger partial charge in [0.1, 0.15) is 6.04 Å². The van der Waals surface area contributed by atoms with E-state index in [1.54, 1.807) is 18.2 Å². The summed E-state index contributed by atoms with van der Waals surface area (Å²) in [6, 6.07) is 4.08. The Kier molecular flexibility index (Phi) is 3.88. The molecule has 19 heavy (non-hydrogen) atoms. The third-order valence-electron chi connectivity index (χ3n) is 3.07. The molecular weight excluding hydrogens is 316 g/mol. The second kappa shape index (κ2) is 5.28. The Bertz CT molecular complexity index is 532. The maximum absolute atomic E-state index is 12.2. The SMILES string of the molecule is C[C@@H](O)[C@@H](C(=O)NO)N1Cc2cc(Br)ccc2C1=O. The van der Waals surface area contributed by atoms with Gasteiger partial charge >= 0.3 is 0 Å². The van der Waals surface area contributed by atoms with Crippen LogP contribution in [0.4, 0.5) is 0 Å². The number of benzene rings is 1. The number of nitrogens with zero attached hydrogens (tertiary/aromatic N) is 1. The minimum Gasteiger partial charge on any atom is -0.391 e. The van der Waals surface area contributed by atoms with Crippen molar-refractivity contribution in [1.82, 2.24) is 10.4 Å². The van der Waals surface area contributed by atoms with Gasteiger partial charge < -0.3 is 10.0 Å². The molecule has 2 amide bonds. The first-order valence-electron chi connectivity index (χ1n) is 5.67. The Hall–Kier alpha value is -1.44. The van der Waals surface area contributed by atoms with Crippen molar-refractivity contribution in [3.8, 4) is 0 Å². The van der Waals surface area contributed by atoms with E-state index in [-0.39, 0.29) is 12.5 Å². The van der Waals surface area contributed by atoms with Crippen molar-refractivity contribution in [2.45, 2.75) is 25.6 Å². The zero-order chi connectivity index (χ0) is 14.2. The quantitative estimate of drug-likeness (QED) is 0.561. The molecule has 102 valence electrons. The van der Waals surface area contributed by atoms with Gasteiger partial charge in [0.05, 0.1) is 6.10 Å². The number of carbonyl (C=O) groups excluding carboxylic acids is 2. The fourth-order valence-corrected chi connectivity index (χ4v) is 2.63. The first-order valence-corrected chi connectivity index (χ1v) is 6.46. The smallest absolute Gasteiger partial charge is 0.268 e. The highest BCUT2D eigenvalue weighted by Crippen LogP contribution is 2.28. The molecule has 1 aliphatic heterocycles. The number of hydrogen-bond donors (Lipinski definition) is 3. The summed E-state index contributed by atoms with van der Waals surface area (Å²) in [5.41, 5.74) is 2.75. The number of hydroxylamine groups is 1. The molecule has 7 heteroatoms.